The highest BCUT2D eigenvalue weighted by Gasteiger charge is 2.19. The summed E-state index contributed by atoms with van der Waals surface area (Å²) in [5.41, 5.74) is 0.574. The fraction of sp³-hybridized carbons (Fsp3) is 0.333. The van der Waals surface area contributed by atoms with Gasteiger partial charge in [0, 0.05) is 21.7 Å². The zero-order chi connectivity index (χ0) is 13.0. The first-order valence-electron chi connectivity index (χ1n) is 5.06. The molecule has 0 aliphatic heterocycles. The molecule has 0 saturated heterocycles. The normalized spacial score (nSPS) is 11.7. The Morgan fingerprint density at radius 2 is 2.29 bits per heavy atom. The number of rotatable bonds is 3. The number of hydrogen-bond donors (Lipinski definition) is 0. The molecule has 0 spiro atoms. The van der Waals surface area contributed by atoms with E-state index in [1.165, 1.54) is 0 Å². The average Bonchev–Trinajstić information content (AvgIpc) is 2.30. The molecule has 0 radical (unpaired) electrons. The first-order chi connectivity index (χ1) is 7.97. The molecule has 0 unspecified atom stereocenters. The summed E-state index contributed by atoms with van der Waals surface area (Å²) in [6.45, 7) is 1.85. The van der Waals surface area contributed by atoms with Crippen molar-refractivity contribution in [3.8, 4) is 6.07 Å². The van der Waals surface area contributed by atoms with E-state index in [0.717, 1.165) is 3.57 Å². The number of nitriles is 1. The zero-order valence-electron chi connectivity index (χ0n) is 9.58. The van der Waals surface area contributed by atoms with Crippen LogP contribution in [-0.2, 0) is 0 Å². The van der Waals surface area contributed by atoms with Gasteiger partial charge in [-0.2, -0.15) is 5.26 Å². The van der Waals surface area contributed by atoms with Crippen LogP contribution < -0.4 is 0 Å². The van der Waals surface area contributed by atoms with Gasteiger partial charge in [0.05, 0.1) is 18.1 Å². The summed E-state index contributed by atoms with van der Waals surface area (Å²) in [6.07, 6.45) is 0.319. The van der Waals surface area contributed by atoms with Crippen LogP contribution in [0, 0.1) is 14.9 Å². The van der Waals surface area contributed by atoms with Crippen LogP contribution in [0.3, 0.4) is 0 Å². The zero-order valence-corrected chi connectivity index (χ0v) is 12.5. The van der Waals surface area contributed by atoms with Gasteiger partial charge in [-0.25, -0.2) is 0 Å². The smallest absolute Gasteiger partial charge is 0.254 e. The van der Waals surface area contributed by atoms with Crippen LogP contribution in [0.4, 0.5) is 0 Å². The molecule has 0 aliphatic carbocycles. The van der Waals surface area contributed by atoms with Crippen LogP contribution in [-0.4, -0.2) is 23.9 Å². The molecule has 0 bridgehead atoms. The maximum atomic E-state index is 12.2. The molecule has 0 aromatic heterocycles. The van der Waals surface area contributed by atoms with Gasteiger partial charge in [-0.15, -0.1) is 0 Å². The van der Waals surface area contributed by atoms with Crippen molar-refractivity contribution >= 4 is 40.1 Å². The van der Waals surface area contributed by atoms with Gasteiger partial charge in [0.2, 0.25) is 0 Å². The first-order valence-corrected chi connectivity index (χ1v) is 6.52. The lowest BCUT2D eigenvalue weighted by atomic mass is 10.1. The second kappa shape index (κ2) is 6.22. The highest BCUT2D eigenvalue weighted by atomic mass is 127. The van der Waals surface area contributed by atoms with Crippen LogP contribution >= 0.6 is 34.2 Å². The van der Waals surface area contributed by atoms with Gasteiger partial charge < -0.3 is 4.90 Å². The van der Waals surface area contributed by atoms with Gasteiger partial charge in [0.25, 0.3) is 5.91 Å². The van der Waals surface area contributed by atoms with Gasteiger partial charge >= 0.3 is 0 Å². The molecule has 0 aliphatic rings. The van der Waals surface area contributed by atoms with Crippen molar-refractivity contribution in [3.05, 3.63) is 32.4 Å². The minimum absolute atomic E-state index is 0.109. The number of hydrogen-bond acceptors (Lipinski definition) is 2. The quantitative estimate of drug-likeness (QED) is 0.774. The lowest BCUT2D eigenvalue weighted by Gasteiger charge is -2.23. The Balaban J connectivity index is 2.96. The predicted octanol–water partition coefficient (Wildman–Crippen LogP) is 3.32. The van der Waals surface area contributed by atoms with Gasteiger partial charge in [0.15, 0.2) is 0 Å². The third-order valence-corrected chi connectivity index (χ3v) is 3.70. The van der Waals surface area contributed by atoms with E-state index >= 15 is 0 Å². The molecule has 0 N–H and O–H groups in total. The van der Waals surface area contributed by atoms with Crippen molar-refractivity contribution in [2.45, 2.75) is 19.4 Å². The maximum Gasteiger partial charge on any atom is 0.254 e. The van der Waals surface area contributed by atoms with Crippen molar-refractivity contribution < 1.29 is 4.79 Å². The molecule has 0 heterocycles. The number of nitrogens with zero attached hydrogens (tertiary/aromatic N) is 2. The highest BCUT2D eigenvalue weighted by Crippen LogP contribution is 2.20. The third-order valence-electron chi connectivity index (χ3n) is 2.53. The number of carbonyl (C=O) groups is 1. The Bertz CT molecular complexity index is 470. The standard InChI is InChI=1S/C12H12ClIN2O/c1-8(5-6-15)16(2)12(17)10-7-9(13)3-4-11(10)14/h3-4,7-8H,5H2,1-2H3/t8-/m1/s1. The molecule has 1 atom stereocenters. The van der Waals surface area contributed by atoms with E-state index in [1.807, 2.05) is 6.92 Å². The van der Waals surface area contributed by atoms with E-state index in [2.05, 4.69) is 28.7 Å². The van der Waals surface area contributed by atoms with Crippen LogP contribution in [0.25, 0.3) is 0 Å². The Hall–Kier alpha value is -0.800. The molecule has 1 amide bonds. The summed E-state index contributed by atoms with van der Waals surface area (Å²) in [7, 11) is 1.70. The Labute approximate surface area is 120 Å². The molecule has 3 nitrogen and oxygen atoms in total. The minimum Gasteiger partial charge on any atom is -0.338 e. The maximum absolute atomic E-state index is 12.2. The SMILES string of the molecule is C[C@H](CC#N)N(C)C(=O)c1cc(Cl)ccc1I. The monoisotopic (exact) mass is 362 g/mol. The summed E-state index contributed by atoms with van der Waals surface area (Å²) < 4.78 is 0.855. The number of halogens is 2. The Morgan fingerprint density at radius 3 is 2.88 bits per heavy atom. The highest BCUT2D eigenvalue weighted by molar-refractivity contribution is 14.1. The molecule has 0 saturated carbocycles. The summed E-state index contributed by atoms with van der Waals surface area (Å²) in [6, 6.07) is 7.16. The van der Waals surface area contributed by atoms with E-state index in [0.29, 0.717) is 17.0 Å². The van der Waals surface area contributed by atoms with Crippen molar-refractivity contribution in [3.63, 3.8) is 0 Å². The van der Waals surface area contributed by atoms with Gasteiger partial charge in [-0.3, -0.25) is 4.79 Å². The lowest BCUT2D eigenvalue weighted by molar-refractivity contribution is 0.0745. The summed E-state index contributed by atoms with van der Waals surface area (Å²) >= 11 is 7.98. The Kier molecular flexibility index (Phi) is 5.22. The van der Waals surface area contributed by atoms with Crippen molar-refractivity contribution in [2.24, 2.45) is 0 Å². The fourth-order valence-electron chi connectivity index (χ4n) is 1.32. The van der Waals surface area contributed by atoms with E-state index in [1.54, 1.807) is 30.1 Å². The van der Waals surface area contributed by atoms with Gasteiger partial charge in [-0.05, 0) is 47.7 Å². The molecular formula is C12H12ClIN2O. The van der Waals surface area contributed by atoms with Gasteiger partial charge in [0.1, 0.15) is 0 Å². The largest absolute Gasteiger partial charge is 0.338 e. The second-order valence-corrected chi connectivity index (χ2v) is 5.35. The van der Waals surface area contributed by atoms with E-state index in [9.17, 15) is 4.79 Å². The van der Waals surface area contributed by atoms with Crippen molar-refractivity contribution in [1.82, 2.24) is 4.90 Å². The van der Waals surface area contributed by atoms with E-state index < -0.39 is 0 Å². The lowest BCUT2D eigenvalue weighted by Crippen LogP contribution is -2.35. The average molecular weight is 363 g/mol. The first kappa shape index (κ1) is 14.3. The molecule has 5 heteroatoms. The Morgan fingerprint density at radius 1 is 1.65 bits per heavy atom. The number of benzene rings is 1. The van der Waals surface area contributed by atoms with Crippen LogP contribution in [0.5, 0.6) is 0 Å². The summed E-state index contributed by atoms with van der Waals surface area (Å²) in [4.78, 5) is 13.8. The third kappa shape index (κ3) is 3.58. The predicted molar refractivity (Wildman–Crippen MR) is 76.0 cm³/mol. The summed E-state index contributed by atoms with van der Waals surface area (Å²) in [5.74, 6) is -0.111. The van der Waals surface area contributed by atoms with Crippen LogP contribution in [0.15, 0.2) is 18.2 Å². The van der Waals surface area contributed by atoms with E-state index in [4.69, 9.17) is 16.9 Å². The van der Waals surface area contributed by atoms with Gasteiger partial charge in [-0.1, -0.05) is 11.6 Å². The molecule has 1 aromatic carbocycles. The summed E-state index contributed by atoms with van der Waals surface area (Å²) in [5, 5.41) is 9.16. The number of amides is 1. The minimum atomic E-state index is -0.111. The molecular weight excluding hydrogens is 351 g/mol. The molecule has 17 heavy (non-hydrogen) atoms. The van der Waals surface area contributed by atoms with Crippen molar-refractivity contribution in [2.75, 3.05) is 7.05 Å². The van der Waals surface area contributed by atoms with Crippen LogP contribution in [0.1, 0.15) is 23.7 Å². The molecule has 1 rings (SSSR count). The van der Waals surface area contributed by atoms with E-state index in [-0.39, 0.29) is 11.9 Å². The molecule has 90 valence electrons. The van der Waals surface area contributed by atoms with Crippen molar-refractivity contribution in [1.29, 1.82) is 5.26 Å². The number of carbonyl (C=O) groups excluding carboxylic acids is 1. The fourth-order valence-corrected chi connectivity index (χ4v) is 2.06. The molecule has 0 fully saturated rings. The van der Waals surface area contributed by atoms with Crippen LogP contribution in [0.2, 0.25) is 5.02 Å². The second-order valence-electron chi connectivity index (χ2n) is 3.75. The molecule has 1 aromatic rings. The topological polar surface area (TPSA) is 44.1 Å².